The quantitative estimate of drug-likeness (QED) is 0.0499. The monoisotopic (exact) mass is 599 g/mol. The Morgan fingerprint density at radius 2 is 1.20 bits per heavy atom. The van der Waals surface area contributed by atoms with Crippen LogP contribution in [0.25, 0.3) is 0 Å². The molecular formula is C39H53NO4. The number of carbonyl (C=O) groups excluding carboxylic acids is 1. The minimum Gasteiger partial charge on any atom is -0.494 e. The molecular weight excluding hydrogens is 546 g/mol. The molecule has 0 aliphatic heterocycles. The molecule has 3 rings (SSSR count). The molecule has 0 fully saturated rings. The minimum atomic E-state index is -0.394. The number of unbranched alkanes of at least 4 members (excludes halogenated alkanes) is 11. The van der Waals surface area contributed by atoms with Gasteiger partial charge in [0.05, 0.1) is 24.0 Å². The van der Waals surface area contributed by atoms with Crippen molar-refractivity contribution in [2.45, 2.75) is 117 Å². The van der Waals surface area contributed by atoms with Crippen molar-refractivity contribution in [1.29, 1.82) is 0 Å². The number of benzene rings is 3. The van der Waals surface area contributed by atoms with Gasteiger partial charge in [-0.15, -0.1) is 0 Å². The van der Waals surface area contributed by atoms with Crippen molar-refractivity contribution in [3.05, 3.63) is 83.9 Å². The molecule has 0 spiro atoms. The molecule has 0 unspecified atom stereocenters. The third-order valence-corrected chi connectivity index (χ3v) is 7.70. The molecule has 0 heterocycles. The maximum Gasteiger partial charge on any atom is 0.343 e. The third kappa shape index (κ3) is 14.2. The van der Waals surface area contributed by atoms with E-state index in [1.165, 1.54) is 77.0 Å². The first-order chi connectivity index (χ1) is 21.6. The molecule has 5 heteroatoms. The molecule has 0 aliphatic rings. The van der Waals surface area contributed by atoms with Crippen molar-refractivity contribution in [2.24, 2.45) is 4.99 Å². The van der Waals surface area contributed by atoms with Gasteiger partial charge in [0.15, 0.2) is 0 Å². The van der Waals surface area contributed by atoms with E-state index in [9.17, 15) is 4.79 Å². The number of esters is 1. The van der Waals surface area contributed by atoms with Gasteiger partial charge in [-0.2, -0.15) is 0 Å². The fourth-order valence-electron chi connectivity index (χ4n) is 4.99. The molecule has 0 aliphatic carbocycles. The van der Waals surface area contributed by atoms with Gasteiger partial charge in [0.25, 0.3) is 0 Å². The smallest absolute Gasteiger partial charge is 0.343 e. The van der Waals surface area contributed by atoms with Gasteiger partial charge >= 0.3 is 5.97 Å². The number of aliphatic imine (C=N–C) groups is 1. The van der Waals surface area contributed by atoms with Gasteiger partial charge < -0.3 is 14.2 Å². The highest BCUT2D eigenvalue weighted by Crippen LogP contribution is 2.21. The second-order valence-corrected chi connectivity index (χ2v) is 11.7. The highest BCUT2D eigenvalue weighted by Gasteiger charge is 2.09. The molecule has 5 nitrogen and oxygen atoms in total. The van der Waals surface area contributed by atoms with Crippen LogP contribution in [0.5, 0.6) is 17.2 Å². The van der Waals surface area contributed by atoms with Crippen molar-refractivity contribution in [3.63, 3.8) is 0 Å². The number of hydrogen-bond donors (Lipinski definition) is 0. The van der Waals surface area contributed by atoms with Crippen LogP contribution >= 0.6 is 0 Å². The normalized spacial score (nSPS) is 11.9. The molecule has 0 amide bonds. The van der Waals surface area contributed by atoms with Crippen LogP contribution in [0.4, 0.5) is 5.69 Å². The van der Waals surface area contributed by atoms with Crippen molar-refractivity contribution in [3.8, 4) is 17.2 Å². The maximum absolute atomic E-state index is 12.6. The summed E-state index contributed by atoms with van der Waals surface area (Å²) < 4.78 is 17.5. The zero-order valence-corrected chi connectivity index (χ0v) is 27.3. The lowest BCUT2D eigenvalue weighted by Crippen LogP contribution is -2.11. The van der Waals surface area contributed by atoms with Crippen molar-refractivity contribution >= 4 is 17.9 Å². The van der Waals surface area contributed by atoms with Crippen molar-refractivity contribution < 1.29 is 19.0 Å². The van der Waals surface area contributed by atoms with E-state index in [4.69, 9.17) is 14.2 Å². The predicted molar refractivity (Wildman–Crippen MR) is 183 cm³/mol. The topological polar surface area (TPSA) is 57.1 Å². The summed E-state index contributed by atoms with van der Waals surface area (Å²) in [7, 11) is 0. The average Bonchev–Trinajstić information content (AvgIpc) is 3.04. The van der Waals surface area contributed by atoms with E-state index in [0.717, 1.165) is 35.6 Å². The Morgan fingerprint density at radius 1 is 0.659 bits per heavy atom. The Hall–Kier alpha value is -3.60. The van der Waals surface area contributed by atoms with Crippen LogP contribution in [0.15, 0.2) is 77.8 Å². The minimum absolute atomic E-state index is 0.210. The lowest BCUT2D eigenvalue weighted by atomic mass is 10.1. The predicted octanol–water partition coefficient (Wildman–Crippen LogP) is 11.3. The first kappa shape index (κ1) is 34.9. The number of ether oxygens (including phenoxy) is 3. The molecule has 0 bridgehead atoms. The zero-order valence-electron chi connectivity index (χ0n) is 27.3. The Balaban J connectivity index is 1.35. The SMILES string of the molecule is CCCCCCCCCCCOc1ccc(C(=O)Oc2ccc(C=Nc3ccc(O[C@H](C)CCCCCC)cc3)cc2)cc1. The summed E-state index contributed by atoms with van der Waals surface area (Å²) in [4.78, 5) is 17.2. The Bertz CT molecular complexity index is 1200. The maximum atomic E-state index is 12.6. The number of hydrogen-bond acceptors (Lipinski definition) is 5. The summed E-state index contributed by atoms with van der Waals surface area (Å²) in [6, 6.07) is 22.3. The molecule has 238 valence electrons. The van der Waals surface area contributed by atoms with E-state index in [-0.39, 0.29) is 6.10 Å². The van der Waals surface area contributed by atoms with Crippen molar-refractivity contribution in [1.82, 2.24) is 0 Å². The van der Waals surface area contributed by atoms with Crippen molar-refractivity contribution in [2.75, 3.05) is 6.61 Å². The second kappa shape index (κ2) is 21.2. The van der Waals surface area contributed by atoms with Crippen LogP contribution < -0.4 is 14.2 Å². The summed E-state index contributed by atoms with van der Waals surface area (Å²) in [5, 5.41) is 0. The second-order valence-electron chi connectivity index (χ2n) is 11.7. The number of nitrogens with zero attached hydrogens (tertiary/aromatic N) is 1. The van der Waals surface area contributed by atoms with Crippen LogP contribution in [0.2, 0.25) is 0 Å². The van der Waals surface area contributed by atoms with E-state index in [1.807, 2.05) is 48.5 Å². The van der Waals surface area contributed by atoms with Gasteiger partial charge in [0.2, 0.25) is 0 Å². The molecule has 0 radical (unpaired) electrons. The molecule has 0 aromatic heterocycles. The fraction of sp³-hybridized carbons (Fsp3) is 0.487. The molecule has 3 aromatic rings. The van der Waals surface area contributed by atoms with E-state index in [2.05, 4.69) is 25.8 Å². The zero-order chi connectivity index (χ0) is 31.2. The Kier molecular flexibility index (Phi) is 16.8. The first-order valence-corrected chi connectivity index (χ1v) is 16.9. The summed E-state index contributed by atoms with van der Waals surface area (Å²) >= 11 is 0. The largest absolute Gasteiger partial charge is 0.494 e. The van der Waals surface area contributed by atoms with Gasteiger partial charge in [-0.25, -0.2) is 4.79 Å². The lowest BCUT2D eigenvalue weighted by Gasteiger charge is -2.14. The van der Waals surface area contributed by atoms with Crippen LogP contribution in [-0.2, 0) is 0 Å². The molecule has 0 saturated carbocycles. The first-order valence-electron chi connectivity index (χ1n) is 16.9. The lowest BCUT2D eigenvalue weighted by molar-refractivity contribution is 0.0734. The van der Waals surface area contributed by atoms with Crippen LogP contribution in [0.3, 0.4) is 0 Å². The van der Waals surface area contributed by atoms with Gasteiger partial charge in [0.1, 0.15) is 17.2 Å². The van der Waals surface area contributed by atoms with Crippen LogP contribution in [0, 0.1) is 0 Å². The number of rotatable bonds is 22. The summed E-state index contributed by atoms with van der Waals surface area (Å²) in [6.45, 7) is 7.31. The Morgan fingerprint density at radius 3 is 1.84 bits per heavy atom. The van der Waals surface area contributed by atoms with E-state index < -0.39 is 5.97 Å². The van der Waals surface area contributed by atoms with Gasteiger partial charge in [-0.3, -0.25) is 4.99 Å². The molecule has 3 aromatic carbocycles. The summed E-state index contributed by atoms with van der Waals surface area (Å²) in [5.74, 6) is 1.74. The number of carbonyl (C=O) groups is 1. The molecule has 0 saturated heterocycles. The third-order valence-electron chi connectivity index (χ3n) is 7.70. The molecule has 0 N–H and O–H groups in total. The van der Waals surface area contributed by atoms with Gasteiger partial charge in [-0.1, -0.05) is 84.5 Å². The van der Waals surface area contributed by atoms with E-state index >= 15 is 0 Å². The standard InChI is InChI=1S/C39H53NO4/c1-4-6-8-10-11-12-13-14-16-30-42-36-26-20-34(21-27-36)39(41)44-38-24-18-33(19-25-38)31-40-35-22-28-37(29-23-35)43-32(3)17-15-9-7-5-2/h18-29,31-32H,4-17,30H2,1-3H3/t32-/m1/s1. The summed E-state index contributed by atoms with van der Waals surface area (Å²) in [5.41, 5.74) is 2.26. The van der Waals surface area contributed by atoms with Gasteiger partial charge in [-0.05, 0) is 105 Å². The molecule has 44 heavy (non-hydrogen) atoms. The van der Waals surface area contributed by atoms with E-state index in [1.54, 1.807) is 30.5 Å². The molecule has 1 atom stereocenters. The highest BCUT2D eigenvalue weighted by molar-refractivity contribution is 5.91. The fourth-order valence-corrected chi connectivity index (χ4v) is 4.99. The Labute approximate surface area is 266 Å². The summed E-state index contributed by atoms with van der Waals surface area (Å²) in [6.07, 6.45) is 19.7. The van der Waals surface area contributed by atoms with Gasteiger partial charge in [0, 0.05) is 6.21 Å². The average molecular weight is 600 g/mol. The van der Waals surface area contributed by atoms with Crippen LogP contribution in [-0.4, -0.2) is 24.9 Å². The van der Waals surface area contributed by atoms with E-state index in [0.29, 0.717) is 17.9 Å². The van der Waals surface area contributed by atoms with Crippen LogP contribution in [0.1, 0.15) is 127 Å². The highest BCUT2D eigenvalue weighted by atomic mass is 16.5.